The van der Waals surface area contributed by atoms with Gasteiger partial charge in [0.25, 0.3) is 0 Å². The van der Waals surface area contributed by atoms with Crippen LogP contribution in [-0.4, -0.2) is 66.5 Å². The number of carbonyl (C=O) groups excluding carboxylic acids is 3. The summed E-state index contributed by atoms with van der Waals surface area (Å²) in [5.74, 6) is -1.45. The molecule has 0 saturated heterocycles. The number of hydrogen-bond donors (Lipinski definition) is 2. The van der Waals surface area contributed by atoms with Gasteiger partial charge in [-0.3, -0.25) is 23.4 Å². The summed E-state index contributed by atoms with van der Waals surface area (Å²) in [6, 6.07) is 0. The van der Waals surface area contributed by atoms with E-state index in [0.717, 1.165) is 89.9 Å². The normalized spacial score (nSPS) is 13.5. The third-order valence-electron chi connectivity index (χ3n) is 14.0. The van der Waals surface area contributed by atoms with E-state index in [2.05, 4.69) is 57.2 Å². The quantitative estimate of drug-likeness (QED) is 0.0197. The molecule has 0 spiro atoms. The molecule has 0 fully saturated rings. The zero-order chi connectivity index (χ0) is 55.5. The zero-order valence-corrected chi connectivity index (χ0v) is 50.4. The van der Waals surface area contributed by atoms with Crippen molar-refractivity contribution in [1.29, 1.82) is 0 Å². The average Bonchev–Trinajstić information content (AvgIpc) is 3.41. The molecule has 3 atom stereocenters. The molecule has 0 aliphatic rings. The summed E-state index contributed by atoms with van der Waals surface area (Å²) < 4.78 is 39.7. The van der Waals surface area contributed by atoms with Crippen LogP contribution in [0.25, 0.3) is 0 Å². The lowest BCUT2D eigenvalue weighted by Gasteiger charge is -2.21. The van der Waals surface area contributed by atoms with Crippen molar-refractivity contribution in [3.63, 3.8) is 0 Å². The molecule has 0 aromatic carbocycles. The van der Waals surface area contributed by atoms with Gasteiger partial charge in [-0.1, -0.05) is 256 Å². The first-order chi connectivity index (χ1) is 37.2. The minimum atomic E-state index is -4.75. The van der Waals surface area contributed by atoms with Crippen molar-refractivity contribution < 1.29 is 52.2 Å². The topological polar surface area (TPSA) is 155 Å². The Morgan fingerprint density at radius 2 is 0.645 bits per heavy atom. The van der Waals surface area contributed by atoms with Gasteiger partial charge >= 0.3 is 25.7 Å². The Morgan fingerprint density at radius 1 is 0.368 bits per heavy atom. The molecule has 3 unspecified atom stereocenters. The molecule has 12 heteroatoms. The van der Waals surface area contributed by atoms with Crippen LogP contribution in [0.5, 0.6) is 0 Å². The summed E-state index contributed by atoms with van der Waals surface area (Å²) in [5, 5.41) is 9.84. The second kappa shape index (κ2) is 58.8. The van der Waals surface area contributed by atoms with E-state index in [1.165, 1.54) is 167 Å². The summed E-state index contributed by atoms with van der Waals surface area (Å²) >= 11 is 0. The van der Waals surface area contributed by atoms with Gasteiger partial charge < -0.3 is 24.2 Å². The van der Waals surface area contributed by atoms with Crippen LogP contribution in [0.3, 0.4) is 0 Å². The Hall–Kier alpha value is -2.30. The molecule has 0 aromatic rings. The maximum Gasteiger partial charge on any atom is 0.472 e. The highest BCUT2D eigenvalue weighted by atomic mass is 31.2. The van der Waals surface area contributed by atoms with E-state index in [1.807, 2.05) is 0 Å². The van der Waals surface area contributed by atoms with Crippen molar-refractivity contribution in [2.75, 3.05) is 26.4 Å². The first-order valence-corrected chi connectivity index (χ1v) is 33.4. The summed E-state index contributed by atoms with van der Waals surface area (Å²) in [6.45, 7) is 4.67. The number of allylic oxidation sites excluding steroid dienone is 6. The third kappa shape index (κ3) is 56.4. The van der Waals surface area contributed by atoms with Gasteiger partial charge in [0.15, 0.2) is 6.10 Å². The van der Waals surface area contributed by atoms with Gasteiger partial charge in [0.2, 0.25) is 0 Å². The van der Waals surface area contributed by atoms with Crippen molar-refractivity contribution in [2.45, 2.75) is 328 Å². The van der Waals surface area contributed by atoms with Gasteiger partial charge in [0, 0.05) is 19.3 Å². The highest BCUT2D eigenvalue weighted by Gasteiger charge is 2.28. The van der Waals surface area contributed by atoms with Crippen LogP contribution in [0.1, 0.15) is 316 Å². The van der Waals surface area contributed by atoms with Crippen LogP contribution in [0.2, 0.25) is 0 Å². The van der Waals surface area contributed by atoms with Gasteiger partial charge in [0.1, 0.15) is 12.7 Å². The van der Waals surface area contributed by atoms with E-state index in [-0.39, 0.29) is 25.9 Å². The first-order valence-electron chi connectivity index (χ1n) is 31.9. The predicted octanol–water partition coefficient (Wildman–Crippen LogP) is 19.2. The number of carbonyl (C=O) groups is 3. The number of unbranched alkanes of at least 4 members (excludes halogenated alkanes) is 37. The molecule has 0 radical (unpaired) electrons. The van der Waals surface area contributed by atoms with E-state index in [9.17, 15) is 28.9 Å². The molecule has 0 saturated carbocycles. The van der Waals surface area contributed by atoms with E-state index in [4.69, 9.17) is 23.3 Å². The fourth-order valence-corrected chi connectivity index (χ4v) is 9.93. The SMILES string of the molecule is CCCCC/C=C\C/C=C\CCCCCCCCCCCC(=O)OC(COC(=O)CCCCCCCCCCCCCCCCC)COP(=O)(O)OCC(CO)OC(=O)CCCCCCC/C=C\CCCCCCCC. The summed E-state index contributed by atoms with van der Waals surface area (Å²) in [6.07, 6.45) is 62.3. The van der Waals surface area contributed by atoms with Gasteiger partial charge in [-0.05, 0) is 77.0 Å². The Bertz CT molecular complexity index is 1420. The highest BCUT2D eigenvalue weighted by molar-refractivity contribution is 7.47. The molecule has 0 heterocycles. The Balaban J connectivity index is 4.68. The number of rotatable bonds is 60. The van der Waals surface area contributed by atoms with E-state index >= 15 is 0 Å². The van der Waals surface area contributed by atoms with Crippen molar-refractivity contribution in [3.8, 4) is 0 Å². The van der Waals surface area contributed by atoms with Crippen LogP contribution < -0.4 is 0 Å². The number of aliphatic hydroxyl groups excluding tert-OH is 1. The molecule has 0 rings (SSSR count). The van der Waals surface area contributed by atoms with Crippen LogP contribution >= 0.6 is 7.82 Å². The molecule has 446 valence electrons. The molecule has 0 aliphatic carbocycles. The van der Waals surface area contributed by atoms with E-state index < -0.39 is 57.8 Å². The summed E-state index contributed by atoms with van der Waals surface area (Å²) in [4.78, 5) is 48.7. The first kappa shape index (κ1) is 73.7. The maximum absolute atomic E-state index is 12.9. The van der Waals surface area contributed by atoms with Gasteiger partial charge in [-0.25, -0.2) is 4.57 Å². The van der Waals surface area contributed by atoms with Crippen LogP contribution in [0.15, 0.2) is 36.5 Å². The van der Waals surface area contributed by atoms with Crippen molar-refractivity contribution in [1.82, 2.24) is 0 Å². The van der Waals surface area contributed by atoms with Crippen LogP contribution in [0, 0.1) is 0 Å². The summed E-state index contributed by atoms with van der Waals surface area (Å²) in [5.41, 5.74) is 0. The van der Waals surface area contributed by atoms with Gasteiger partial charge in [-0.2, -0.15) is 0 Å². The standard InChI is InChI=1S/C64H119O11P/c1-4-7-10-13-16-19-22-25-28-29-30-31-34-37-40-43-46-49-52-55-64(68)75-61(57-71-62(66)53-50-47-44-41-38-35-32-26-23-20-17-14-11-8-5-2)59-73-76(69,70)72-58-60(56-65)74-63(67)54-51-48-45-42-39-36-33-27-24-21-18-15-12-9-6-3/h16,19,25,27-28,33,60-61,65H,4-15,17-18,20-24,26,29-32,34-59H2,1-3H3,(H,69,70)/b19-16-,28-25-,33-27-. The molecule has 11 nitrogen and oxygen atoms in total. The average molecular weight is 1100 g/mol. The largest absolute Gasteiger partial charge is 0.472 e. The van der Waals surface area contributed by atoms with Crippen molar-refractivity contribution in [3.05, 3.63) is 36.5 Å². The molecular weight excluding hydrogens is 976 g/mol. The smallest absolute Gasteiger partial charge is 0.462 e. The molecule has 2 N–H and O–H groups in total. The fourth-order valence-electron chi connectivity index (χ4n) is 9.15. The second-order valence-corrected chi connectivity index (χ2v) is 23.0. The molecular formula is C64H119O11P. The molecule has 0 aromatic heterocycles. The number of phosphoric acid groups is 1. The third-order valence-corrected chi connectivity index (χ3v) is 15.0. The minimum Gasteiger partial charge on any atom is -0.462 e. The Morgan fingerprint density at radius 3 is 1.01 bits per heavy atom. The minimum absolute atomic E-state index is 0.166. The van der Waals surface area contributed by atoms with E-state index in [0.29, 0.717) is 19.3 Å². The molecule has 0 amide bonds. The lowest BCUT2D eigenvalue weighted by molar-refractivity contribution is -0.161. The second-order valence-electron chi connectivity index (χ2n) is 21.6. The van der Waals surface area contributed by atoms with E-state index in [1.54, 1.807) is 0 Å². The van der Waals surface area contributed by atoms with Crippen molar-refractivity contribution >= 4 is 25.7 Å². The van der Waals surface area contributed by atoms with Crippen LogP contribution in [-0.2, 0) is 42.2 Å². The summed E-state index contributed by atoms with van der Waals surface area (Å²) in [7, 11) is -4.75. The van der Waals surface area contributed by atoms with Gasteiger partial charge in [-0.15, -0.1) is 0 Å². The number of ether oxygens (including phenoxy) is 3. The molecule has 76 heavy (non-hydrogen) atoms. The molecule has 0 aliphatic heterocycles. The highest BCUT2D eigenvalue weighted by Crippen LogP contribution is 2.43. The molecule has 0 bridgehead atoms. The van der Waals surface area contributed by atoms with Gasteiger partial charge in [0.05, 0.1) is 19.8 Å². The maximum atomic E-state index is 12.9. The van der Waals surface area contributed by atoms with Crippen LogP contribution in [0.4, 0.5) is 0 Å². The Labute approximate surface area is 467 Å². The monoisotopic (exact) mass is 1090 g/mol. The number of hydrogen-bond acceptors (Lipinski definition) is 10. The predicted molar refractivity (Wildman–Crippen MR) is 316 cm³/mol. The number of aliphatic hydroxyl groups is 1. The lowest BCUT2D eigenvalue weighted by Crippen LogP contribution is -2.30. The lowest BCUT2D eigenvalue weighted by atomic mass is 10.0. The number of phosphoric ester groups is 1. The number of esters is 3. The zero-order valence-electron chi connectivity index (χ0n) is 49.5. The Kier molecular flexibility index (Phi) is 57.1. The van der Waals surface area contributed by atoms with Crippen molar-refractivity contribution in [2.24, 2.45) is 0 Å². The fraction of sp³-hybridized carbons (Fsp3) is 0.859.